The molecule has 1 aromatic carbocycles. The summed E-state index contributed by atoms with van der Waals surface area (Å²) in [6.07, 6.45) is -0.833. The molecule has 0 saturated heterocycles. The van der Waals surface area contributed by atoms with Crippen molar-refractivity contribution in [1.29, 1.82) is 0 Å². The standard InChI is InChI=1S/C10H11NO5/c1-16-10(15)11-8(9(13)14)6-2-4-7(12)5-3-6/h2-5,8,12H,1H3,(H,11,15)(H,13,14). The summed E-state index contributed by atoms with van der Waals surface area (Å²) in [6, 6.07) is 4.29. The third-order valence-corrected chi connectivity index (χ3v) is 1.92. The van der Waals surface area contributed by atoms with Gasteiger partial charge in [-0.25, -0.2) is 9.59 Å². The molecule has 1 aromatic rings. The van der Waals surface area contributed by atoms with Crippen LogP contribution < -0.4 is 5.32 Å². The molecule has 1 amide bonds. The topological polar surface area (TPSA) is 95.9 Å². The third kappa shape index (κ3) is 2.88. The molecule has 0 aromatic heterocycles. The van der Waals surface area contributed by atoms with Gasteiger partial charge in [-0.15, -0.1) is 0 Å². The van der Waals surface area contributed by atoms with Gasteiger partial charge in [-0.1, -0.05) is 12.1 Å². The fourth-order valence-corrected chi connectivity index (χ4v) is 1.13. The van der Waals surface area contributed by atoms with Crippen molar-refractivity contribution in [2.75, 3.05) is 7.11 Å². The van der Waals surface area contributed by atoms with Crippen LogP contribution in [-0.2, 0) is 9.53 Å². The summed E-state index contributed by atoms with van der Waals surface area (Å²) < 4.78 is 4.31. The second-order valence-corrected chi connectivity index (χ2v) is 3.00. The molecule has 6 heteroatoms. The molecule has 0 fully saturated rings. The third-order valence-electron chi connectivity index (χ3n) is 1.92. The van der Waals surface area contributed by atoms with Gasteiger partial charge in [0, 0.05) is 0 Å². The Morgan fingerprint density at radius 3 is 2.31 bits per heavy atom. The monoisotopic (exact) mass is 225 g/mol. The first kappa shape index (κ1) is 11.8. The molecule has 0 saturated carbocycles. The average molecular weight is 225 g/mol. The number of benzene rings is 1. The molecule has 0 spiro atoms. The molecule has 0 radical (unpaired) electrons. The van der Waals surface area contributed by atoms with E-state index in [2.05, 4.69) is 10.1 Å². The van der Waals surface area contributed by atoms with E-state index in [0.717, 1.165) is 7.11 Å². The number of carboxylic acid groups (broad SMARTS) is 1. The van der Waals surface area contributed by atoms with Crippen molar-refractivity contribution in [1.82, 2.24) is 5.32 Å². The van der Waals surface area contributed by atoms with Crippen LogP contribution in [-0.4, -0.2) is 29.4 Å². The van der Waals surface area contributed by atoms with Gasteiger partial charge < -0.3 is 20.3 Å². The van der Waals surface area contributed by atoms with E-state index >= 15 is 0 Å². The van der Waals surface area contributed by atoms with Gasteiger partial charge in [0.2, 0.25) is 0 Å². The van der Waals surface area contributed by atoms with Crippen molar-refractivity contribution in [3.8, 4) is 5.75 Å². The predicted octanol–water partition coefficient (Wildman–Crippen LogP) is 0.874. The Hall–Kier alpha value is -2.24. The number of aliphatic carboxylic acids is 1. The summed E-state index contributed by atoms with van der Waals surface area (Å²) in [5.41, 5.74) is 0.343. The van der Waals surface area contributed by atoms with Gasteiger partial charge in [-0.2, -0.15) is 0 Å². The maximum atomic E-state index is 10.9. The first-order valence-corrected chi connectivity index (χ1v) is 4.41. The SMILES string of the molecule is COC(=O)NC(C(=O)O)c1ccc(O)cc1. The Morgan fingerprint density at radius 2 is 1.88 bits per heavy atom. The van der Waals surface area contributed by atoms with E-state index in [4.69, 9.17) is 10.2 Å². The fourth-order valence-electron chi connectivity index (χ4n) is 1.13. The first-order chi connectivity index (χ1) is 7.54. The maximum Gasteiger partial charge on any atom is 0.407 e. The van der Waals surface area contributed by atoms with Crippen molar-refractivity contribution in [3.05, 3.63) is 29.8 Å². The smallest absolute Gasteiger partial charge is 0.407 e. The summed E-state index contributed by atoms with van der Waals surface area (Å²) in [5.74, 6) is -1.19. The minimum absolute atomic E-state index is 0.0194. The number of phenolic OH excluding ortho intramolecular Hbond substituents is 1. The van der Waals surface area contributed by atoms with Crippen LogP contribution in [0, 0.1) is 0 Å². The number of rotatable bonds is 3. The number of amides is 1. The highest BCUT2D eigenvalue weighted by atomic mass is 16.5. The van der Waals surface area contributed by atoms with Crippen molar-refractivity contribution < 1.29 is 24.5 Å². The second-order valence-electron chi connectivity index (χ2n) is 3.00. The molecule has 16 heavy (non-hydrogen) atoms. The molecule has 86 valence electrons. The summed E-state index contributed by atoms with van der Waals surface area (Å²) in [7, 11) is 1.14. The van der Waals surface area contributed by atoms with Crippen molar-refractivity contribution in [2.24, 2.45) is 0 Å². The van der Waals surface area contributed by atoms with Crippen LogP contribution in [0.1, 0.15) is 11.6 Å². The number of ether oxygens (including phenoxy) is 1. The number of aromatic hydroxyl groups is 1. The zero-order valence-electron chi connectivity index (χ0n) is 8.51. The van der Waals surface area contributed by atoms with Gasteiger partial charge in [-0.05, 0) is 17.7 Å². The molecule has 1 rings (SSSR count). The van der Waals surface area contributed by atoms with Crippen LogP contribution in [0.5, 0.6) is 5.75 Å². The molecular formula is C10H11NO5. The lowest BCUT2D eigenvalue weighted by Gasteiger charge is -2.13. The Labute approximate surface area is 91.5 Å². The number of carboxylic acids is 1. The molecule has 0 heterocycles. The summed E-state index contributed by atoms with van der Waals surface area (Å²) >= 11 is 0. The average Bonchev–Trinajstić information content (AvgIpc) is 2.26. The molecular weight excluding hydrogens is 214 g/mol. The molecule has 6 nitrogen and oxygen atoms in total. The number of hydrogen-bond donors (Lipinski definition) is 3. The van der Waals surface area contributed by atoms with Crippen molar-refractivity contribution >= 4 is 12.1 Å². The summed E-state index contributed by atoms with van der Waals surface area (Å²) in [4.78, 5) is 21.8. The Bertz CT molecular complexity index is 387. The van der Waals surface area contributed by atoms with Gasteiger partial charge in [0.15, 0.2) is 6.04 Å². The van der Waals surface area contributed by atoms with Gasteiger partial charge in [0.25, 0.3) is 0 Å². The van der Waals surface area contributed by atoms with Crippen LogP contribution in [0.3, 0.4) is 0 Å². The van der Waals surface area contributed by atoms with Gasteiger partial charge >= 0.3 is 12.1 Å². The van der Waals surface area contributed by atoms with Gasteiger partial charge in [0.05, 0.1) is 7.11 Å². The van der Waals surface area contributed by atoms with E-state index in [0.29, 0.717) is 5.56 Å². The summed E-state index contributed by atoms with van der Waals surface area (Å²) in [6.45, 7) is 0. The molecule has 0 aliphatic rings. The predicted molar refractivity (Wildman–Crippen MR) is 54.0 cm³/mol. The molecule has 1 unspecified atom stereocenters. The van der Waals surface area contributed by atoms with Crippen LogP contribution in [0.4, 0.5) is 4.79 Å². The van der Waals surface area contributed by atoms with E-state index in [1.54, 1.807) is 0 Å². The first-order valence-electron chi connectivity index (χ1n) is 4.41. The van der Waals surface area contributed by atoms with E-state index < -0.39 is 18.1 Å². The molecule has 0 aliphatic heterocycles. The zero-order chi connectivity index (χ0) is 12.1. The number of carbonyl (C=O) groups is 2. The van der Waals surface area contributed by atoms with Crippen molar-refractivity contribution in [2.45, 2.75) is 6.04 Å². The highest BCUT2D eigenvalue weighted by Crippen LogP contribution is 2.17. The number of hydrogen-bond acceptors (Lipinski definition) is 4. The van der Waals surface area contributed by atoms with Crippen LogP contribution in [0.2, 0.25) is 0 Å². The highest BCUT2D eigenvalue weighted by Gasteiger charge is 2.22. The van der Waals surface area contributed by atoms with E-state index in [-0.39, 0.29) is 5.75 Å². The lowest BCUT2D eigenvalue weighted by molar-refractivity contribution is -0.139. The summed E-state index contributed by atoms with van der Waals surface area (Å²) in [5, 5.41) is 20.1. The van der Waals surface area contributed by atoms with E-state index in [1.807, 2.05) is 0 Å². The highest BCUT2D eigenvalue weighted by molar-refractivity contribution is 5.81. The van der Waals surface area contributed by atoms with Crippen LogP contribution in [0.15, 0.2) is 24.3 Å². The Balaban J connectivity index is 2.89. The number of alkyl carbamates (subject to hydrolysis) is 1. The van der Waals surface area contributed by atoms with Crippen LogP contribution >= 0.6 is 0 Å². The number of phenols is 1. The van der Waals surface area contributed by atoms with E-state index in [9.17, 15) is 9.59 Å². The molecule has 0 aliphatic carbocycles. The number of methoxy groups -OCH3 is 1. The van der Waals surface area contributed by atoms with Crippen molar-refractivity contribution in [3.63, 3.8) is 0 Å². The normalized spacial score (nSPS) is 11.6. The Kier molecular flexibility index (Phi) is 3.71. The lowest BCUT2D eigenvalue weighted by Crippen LogP contribution is -2.33. The largest absolute Gasteiger partial charge is 0.508 e. The minimum atomic E-state index is -1.21. The number of nitrogens with one attached hydrogen (secondary N) is 1. The van der Waals surface area contributed by atoms with Crippen LogP contribution in [0.25, 0.3) is 0 Å². The van der Waals surface area contributed by atoms with Gasteiger partial charge in [0.1, 0.15) is 5.75 Å². The number of carbonyl (C=O) groups excluding carboxylic acids is 1. The lowest BCUT2D eigenvalue weighted by atomic mass is 10.1. The minimum Gasteiger partial charge on any atom is -0.508 e. The van der Waals surface area contributed by atoms with Gasteiger partial charge in [-0.3, -0.25) is 0 Å². The zero-order valence-corrected chi connectivity index (χ0v) is 8.51. The quantitative estimate of drug-likeness (QED) is 0.709. The molecule has 3 N–H and O–H groups in total. The second kappa shape index (κ2) is 5.01. The Morgan fingerprint density at radius 1 is 1.31 bits per heavy atom. The van der Waals surface area contributed by atoms with E-state index in [1.165, 1.54) is 24.3 Å². The fraction of sp³-hybridized carbons (Fsp3) is 0.200. The maximum absolute atomic E-state index is 10.9. The molecule has 1 atom stereocenters. The molecule has 0 bridgehead atoms.